The van der Waals surface area contributed by atoms with Gasteiger partial charge in [0.15, 0.2) is 5.76 Å². The molecule has 0 amide bonds. The highest BCUT2D eigenvalue weighted by Crippen LogP contribution is 2.47. The Hall–Kier alpha value is -1.84. The Balaban J connectivity index is 1.94. The van der Waals surface area contributed by atoms with E-state index >= 15 is 0 Å². The van der Waals surface area contributed by atoms with Gasteiger partial charge < -0.3 is 10.1 Å². The smallest absolute Gasteiger partial charge is 0.226 e. The lowest BCUT2D eigenvalue weighted by atomic mass is 9.70. The van der Waals surface area contributed by atoms with Crippen molar-refractivity contribution in [2.45, 2.75) is 79.1 Å². The summed E-state index contributed by atoms with van der Waals surface area (Å²) in [5, 5.41) is 3.21. The molecule has 1 fully saturated rings. The van der Waals surface area contributed by atoms with Gasteiger partial charge in [0, 0.05) is 18.0 Å². The van der Waals surface area contributed by atoms with Crippen LogP contribution in [0, 0.1) is 11.8 Å². The monoisotopic (exact) mass is 371 g/mol. The highest BCUT2D eigenvalue weighted by atomic mass is 16.5. The van der Waals surface area contributed by atoms with Crippen LogP contribution in [0.25, 0.3) is 0 Å². The maximum absolute atomic E-state index is 13.4. The van der Waals surface area contributed by atoms with E-state index in [9.17, 15) is 9.59 Å². The second kappa shape index (κ2) is 8.45. The minimum Gasteiger partial charge on any atom is -0.457 e. The summed E-state index contributed by atoms with van der Waals surface area (Å²) in [6.45, 7) is 8.96. The zero-order valence-corrected chi connectivity index (χ0v) is 17.2. The number of carbonyl (C=O) groups excluding carboxylic acids is 2. The molecule has 3 aliphatic rings. The third kappa shape index (κ3) is 3.76. The molecule has 0 aromatic carbocycles. The summed E-state index contributed by atoms with van der Waals surface area (Å²) in [6.07, 6.45) is 7.97. The topological polar surface area (TPSA) is 55.4 Å². The van der Waals surface area contributed by atoms with Gasteiger partial charge in [0.1, 0.15) is 5.76 Å². The van der Waals surface area contributed by atoms with Crippen LogP contribution in [0.4, 0.5) is 0 Å². The maximum Gasteiger partial charge on any atom is 0.226 e. The molecule has 2 unspecified atom stereocenters. The van der Waals surface area contributed by atoms with Crippen molar-refractivity contribution in [1.29, 1.82) is 0 Å². The Labute approximate surface area is 163 Å². The van der Waals surface area contributed by atoms with Crippen LogP contribution in [0.5, 0.6) is 0 Å². The van der Waals surface area contributed by atoms with Crippen LogP contribution in [0.15, 0.2) is 33.9 Å². The number of Topliss-reactive ketones (excluding diaryl/α,β-unsaturated/α-hetero) is 2. The SMILES string of the molecule is CCCCCCC1=C(NCC)C(=O)C2=C(OC(C)=C3CCC(C)CC32)C1=O. The van der Waals surface area contributed by atoms with Gasteiger partial charge in [0.05, 0.1) is 11.3 Å². The molecule has 27 heavy (non-hydrogen) atoms. The first-order valence-electron chi connectivity index (χ1n) is 10.7. The summed E-state index contributed by atoms with van der Waals surface area (Å²) in [6, 6.07) is 0. The van der Waals surface area contributed by atoms with E-state index in [4.69, 9.17) is 4.74 Å². The van der Waals surface area contributed by atoms with Gasteiger partial charge >= 0.3 is 0 Å². The van der Waals surface area contributed by atoms with E-state index in [0.717, 1.165) is 50.7 Å². The molecule has 1 saturated carbocycles. The van der Waals surface area contributed by atoms with E-state index in [1.54, 1.807) is 0 Å². The van der Waals surface area contributed by atoms with Crippen molar-refractivity contribution in [2.75, 3.05) is 6.54 Å². The normalized spacial score (nSPS) is 25.5. The number of hydrogen-bond donors (Lipinski definition) is 1. The Morgan fingerprint density at radius 1 is 1.11 bits per heavy atom. The standard InChI is InChI=1S/C23H33NO3/c1-5-7-8-9-10-17-20(24-6-2)22(26)19-18-13-14(3)11-12-16(18)15(4)27-23(19)21(17)25/h14,18,24H,5-13H2,1-4H3. The first-order chi connectivity index (χ1) is 13.0. The number of ether oxygens (including phenoxy) is 1. The minimum absolute atomic E-state index is 0.0129. The maximum atomic E-state index is 13.4. The molecular weight excluding hydrogens is 338 g/mol. The average molecular weight is 372 g/mol. The van der Waals surface area contributed by atoms with E-state index in [0.29, 0.717) is 41.5 Å². The van der Waals surface area contributed by atoms with Crippen LogP contribution in [0.3, 0.4) is 0 Å². The molecule has 0 aromatic rings. The molecule has 4 nitrogen and oxygen atoms in total. The number of hydrogen-bond acceptors (Lipinski definition) is 4. The van der Waals surface area contributed by atoms with Crippen molar-refractivity contribution in [2.24, 2.45) is 11.8 Å². The molecule has 0 saturated heterocycles. The van der Waals surface area contributed by atoms with Gasteiger partial charge in [-0.15, -0.1) is 0 Å². The second-order valence-corrected chi connectivity index (χ2v) is 8.21. The van der Waals surface area contributed by atoms with Gasteiger partial charge in [-0.2, -0.15) is 0 Å². The Bertz CT molecular complexity index is 726. The predicted octanol–water partition coefficient (Wildman–Crippen LogP) is 4.97. The van der Waals surface area contributed by atoms with Crippen LogP contribution < -0.4 is 5.32 Å². The second-order valence-electron chi connectivity index (χ2n) is 8.21. The largest absolute Gasteiger partial charge is 0.457 e. The number of nitrogens with one attached hydrogen (secondary N) is 1. The Kier molecular flexibility index (Phi) is 6.23. The summed E-state index contributed by atoms with van der Waals surface area (Å²) in [7, 11) is 0. The van der Waals surface area contributed by atoms with E-state index in [-0.39, 0.29) is 17.5 Å². The van der Waals surface area contributed by atoms with Crippen LogP contribution in [0.1, 0.15) is 79.1 Å². The minimum atomic E-state index is -0.0753. The molecule has 2 atom stereocenters. The molecule has 148 valence electrons. The third-order valence-corrected chi connectivity index (χ3v) is 6.15. The molecule has 1 aliphatic heterocycles. The molecule has 1 heterocycles. The molecule has 0 spiro atoms. The summed E-state index contributed by atoms with van der Waals surface area (Å²) < 4.78 is 5.99. The Morgan fingerprint density at radius 2 is 1.89 bits per heavy atom. The lowest BCUT2D eigenvalue weighted by molar-refractivity contribution is -0.119. The van der Waals surface area contributed by atoms with Crippen molar-refractivity contribution in [3.8, 4) is 0 Å². The number of ketones is 2. The summed E-state index contributed by atoms with van der Waals surface area (Å²) in [5.74, 6) is 1.67. The van der Waals surface area contributed by atoms with Crippen molar-refractivity contribution in [3.05, 3.63) is 33.9 Å². The highest BCUT2D eigenvalue weighted by molar-refractivity contribution is 6.24. The van der Waals surface area contributed by atoms with E-state index in [1.165, 1.54) is 5.57 Å². The van der Waals surface area contributed by atoms with Crippen LogP contribution in [0.2, 0.25) is 0 Å². The van der Waals surface area contributed by atoms with Crippen LogP contribution in [-0.2, 0) is 14.3 Å². The number of allylic oxidation sites excluding steroid dienone is 4. The molecule has 0 aromatic heterocycles. The Morgan fingerprint density at radius 3 is 2.59 bits per heavy atom. The summed E-state index contributed by atoms with van der Waals surface area (Å²) in [5.41, 5.74) is 2.98. The molecule has 2 aliphatic carbocycles. The lowest BCUT2D eigenvalue weighted by Gasteiger charge is -2.38. The van der Waals surface area contributed by atoms with Crippen molar-refractivity contribution >= 4 is 11.6 Å². The number of carbonyl (C=O) groups is 2. The number of unbranched alkanes of at least 4 members (excludes halogenated alkanes) is 3. The fourth-order valence-corrected chi connectivity index (χ4v) is 4.67. The zero-order valence-electron chi connectivity index (χ0n) is 17.2. The number of fused-ring (bicyclic) bond motifs is 2. The molecule has 0 bridgehead atoms. The highest BCUT2D eigenvalue weighted by Gasteiger charge is 2.44. The fraction of sp³-hybridized carbons (Fsp3) is 0.652. The van der Waals surface area contributed by atoms with E-state index in [1.807, 2.05) is 13.8 Å². The van der Waals surface area contributed by atoms with Gasteiger partial charge in [-0.25, -0.2) is 0 Å². The number of likely N-dealkylation sites (N-methyl/N-ethyl adjacent to an activating group) is 1. The fourth-order valence-electron chi connectivity index (χ4n) is 4.67. The van der Waals surface area contributed by atoms with Gasteiger partial charge in [0.25, 0.3) is 0 Å². The summed E-state index contributed by atoms with van der Waals surface area (Å²) in [4.78, 5) is 26.7. The van der Waals surface area contributed by atoms with Gasteiger partial charge in [-0.1, -0.05) is 33.1 Å². The van der Waals surface area contributed by atoms with Crippen LogP contribution >= 0.6 is 0 Å². The van der Waals surface area contributed by atoms with Gasteiger partial charge in [-0.05, 0) is 57.4 Å². The third-order valence-electron chi connectivity index (χ3n) is 6.15. The summed E-state index contributed by atoms with van der Waals surface area (Å²) >= 11 is 0. The van der Waals surface area contributed by atoms with Crippen LogP contribution in [-0.4, -0.2) is 18.1 Å². The van der Waals surface area contributed by atoms with Gasteiger partial charge in [-0.3, -0.25) is 9.59 Å². The molecule has 1 N–H and O–H groups in total. The van der Waals surface area contributed by atoms with E-state index in [2.05, 4.69) is 19.2 Å². The van der Waals surface area contributed by atoms with Crippen molar-refractivity contribution < 1.29 is 14.3 Å². The van der Waals surface area contributed by atoms with Gasteiger partial charge in [0.2, 0.25) is 11.6 Å². The van der Waals surface area contributed by atoms with Crippen molar-refractivity contribution in [3.63, 3.8) is 0 Å². The number of rotatable bonds is 7. The average Bonchev–Trinajstić information content (AvgIpc) is 2.64. The quantitative estimate of drug-likeness (QED) is 0.507. The predicted molar refractivity (Wildman–Crippen MR) is 107 cm³/mol. The zero-order chi connectivity index (χ0) is 19.6. The van der Waals surface area contributed by atoms with E-state index < -0.39 is 0 Å². The lowest BCUT2D eigenvalue weighted by Crippen LogP contribution is -2.38. The molecule has 0 radical (unpaired) electrons. The van der Waals surface area contributed by atoms with Crippen molar-refractivity contribution in [1.82, 2.24) is 5.32 Å². The first kappa shape index (κ1) is 19.9. The molecular formula is C23H33NO3. The molecule has 3 rings (SSSR count). The molecule has 4 heteroatoms. The first-order valence-corrected chi connectivity index (χ1v) is 10.7.